The van der Waals surface area contributed by atoms with Gasteiger partial charge in [0.05, 0.1) is 0 Å². The van der Waals surface area contributed by atoms with Gasteiger partial charge in [-0.05, 0) is 43.9 Å². The molecule has 2 bridgehead atoms. The lowest BCUT2D eigenvalue weighted by atomic mass is 9.87. The smallest absolute Gasteiger partial charge is 0.456 e. The number of carbonyl (C=O) groups excluding carboxylic acids is 1. The Bertz CT molecular complexity index is 400. The Morgan fingerprint density at radius 2 is 2.05 bits per heavy atom. The fourth-order valence-electron chi connectivity index (χ4n) is 3.20. The first-order chi connectivity index (χ1) is 9.26. The van der Waals surface area contributed by atoms with Crippen LogP contribution in [0.1, 0.15) is 26.2 Å². The average molecular weight is 309 g/mol. The van der Waals surface area contributed by atoms with Crippen LogP contribution < -0.4 is 4.72 Å². The summed E-state index contributed by atoms with van der Waals surface area (Å²) in [4.78, 5) is 11.5. The SMILES string of the molecule is C=C(C)C(=O)OC1CC2CC1CC2CNSC(F)(F)F. The van der Waals surface area contributed by atoms with Crippen LogP contribution in [0.2, 0.25) is 0 Å². The van der Waals surface area contributed by atoms with Crippen molar-refractivity contribution in [2.75, 3.05) is 6.54 Å². The van der Waals surface area contributed by atoms with Gasteiger partial charge in [-0.3, -0.25) is 4.72 Å². The second kappa shape index (κ2) is 5.97. The van der Waals surface area contributed by atoms with Gasteiger partial charge in [-0.25, -0.2) is 4.79 Å². The second-order valence-electron chi connectivity index (χ2n) is 5.61. The van der Waals surface area contributed by atoms with Crippen molar-refractivity contribution in [1.82, 2.24) is 4.72 Å². The molecule has 2 aliphatic rings. The van der Waals surface area contributed by atoms with Crippen LogP contribution in [0.5, 0.6) is 0 Å². The minimum absolute atomic E-state index is 0.0873. The van der Waals surface area contributed by atoms with Gasteiger partial charge in [0, 0.05) is 24.1 Å². The van der Waals surface area contributed by atoms with Crippen LogP contribution in [-0.4, -0.2) is 24.1 Å². The molecule has 4 atom stereocenters. The average Bonchev–Trinajstić information content (AvgIpc) is 2.86. The van der Waals surface area contributed by atoms with E-state index in [1.165, 1.54) is 0 Å². The van der Waals surface area contributed by atoms with Crippen molar-refractivity contribution >= 4 is 17.9 Å². The molecular weight excluding hydrogens is 291 g/mol. The molecule has 3 nitrogen and oxygen atoms in total. The molecule has 7 heteroatoms. The highest BCUT2D eigenvalue weighted by Crippen LogP contribution is 2.49. The maximum absolute atomic E-state index is 12.0. The number of nitrogens with one attached hydrogen (secondary N) is 1. The van der Waals surface area contributed by atoms with E-state index in [0.717, 1.165) is 19.3 Å². The maximum Gasteiger partial charge on any atom is 0.456 e. The van der Waals surface area contributed by atoms with E-state index in [4.69, 9.17) is 4.74 Å². The first-order valence-corrected chi connectivity index (χ1v) is 7.42. The van der Waals surface area contributed by atoms with Crippen LogP contribution in [-0.2, 0) is 9.53 Å². The van der Waals surface area contributed by atoms with Gasteiger partial charge in [0.25, 0.3) is 0 Å². The van der Waals surface area contributed by atoms with Gasteiger partial charge in [0.2, 0.25) is 0 Å². The van der Waals surface area contributed by atoms with Gasteiger partial charge < -0.3 is 4.74 Å². The molecule has 0 radical (unpaired) electrons. The Morgan fingerprint density at radius 1 is 1.35 bits per heavy atom. The van der Waals surface area contributed by atoms with Crippen LogP contribution in [0.4, 0.5) is 13.2 Å². The first-order valence-electron chi connectivity index (χ1n) is 6.60. The standard InChI is InChI=1S/C13H18F3NO2S/c1-7(2)12(18)19-11-5-8-3-9(11)4-10(8)6-17-20-13(14,15)16/h8-11,17H,1,3-6H2,2H3. The van der Waals surface area contributed by atoms with Crippen LogP contribution >= 0.6 is 11.9 Å². The fraction of sp³-hybridized carbons (Fsp3) is 0.769. The number of hydrogen-bond acceptors (Lipinski definition) is 4. The lowest BCUT2D eigenvalue weighted by molar-refractivity contribution is -0.147. The van der Waals surface area contributed by atoms with E-state index >= 15 is 0 Å². The molecule has 0 spiro atoms. The van der Waals surface area contributed by atoms with Gasteiger partial charge in [-0.15, -0.1) is 0 Å². The molecule has 0 saturated heterocycles. The number of alkyl halides is 3. The Hall–Kier alpha value is -0.690. The van der Waals surface area contributed by atoms with E-state index < -0.39 is 5.51 Å². The third kappa shape index (κ3) is 3.91. The summed E-state index contributed by atoms with van der Waals surface area (Å²) in [6.45, 7) is 5.51. The van der Waals surface area contributed by atoms with Crippen LogP contribution in [0.15, 0.2) is 12.2 Å². The largest absolute Gasteiger partial charge is 0.459 e. The van der Waals surface area contributed by atoms with Gasteiger partial charge in [-0.2, -0.15) is 13.2 Å². The fourth-order valence-corrected chi connectivity index (χ4v) is 3.67. The first kappa shape index (κ1) is 15.7. The predicted octanol–water partition coefficient (Wildman–Crippen LogP) is 3.28. The Kier molecular flexibility index (Phi) is 4.69. The molecule has 0 aromatic carbocycles. The molecular formula is C13H18F3NO2S. The molecule has 0 aliphatic heterocycles. The zero-order valence-electron chi connectivity index (χ0n) is 11.2. The summed E-state index contributed by atoms with van der Waals surface area (Å²) in [5.74, 6) is 0.509. The minimum atomic E-state index is -4.24. The van der Waals surface area contributed by atoms with Gasteiger partial charge in [0.15, 0.2) is 0 Å². The molecule has 0 heterocycles. The molecule has 20 heavy (non-hydrogen) atoms. The van der Waals surface area contributed by atoms with E-state index in [1.807, 2.05) is 0 Å². The topological polar surface area (TPSA) is 38.3 Å². The van der Waals surface area contributed by atoms with Crippen molar-refractivity contribution in [3.63, 3.8) is 0 Å². The molecule has 0 aromatic rings. The molecule has 1 N–H and O–H groups in total. The molecule has 2 fully saturated rings. The van der Waals surface area contributed by atoms with Crippen molar-refractivity contribution in [3.8, 4) is 0 Å². The lowest BCUT2D eigenvalue weighted by Gasteiger charge is -2.28. The number of fused-ring (bicyclic) bond motifs is 2. The third-order valence-corrected chi connectivity index (χ3v) is 4.62. The van der Waals surface area contributed by atoms with E-state index in [0.29, 0.717) is 18.0 Å². The van der Waals surface area contributed by atoms with E-state index in [2.05, 4.69) is 11.3 Å². The van der Waals surface area contributed by atoms with Crippen molar-refractivity contribution in [2.45, 2.75) is 37.8 Å². The highest BCUT2D eigenvalue weighted by Gasteiger charge is 2.47. The van der Waals surface area contributed by atoms with Gasteiger partial charge >= 0.3 is 11.5 Å². The minimum Gasteiger partial charge on any atom is -0.459 e. The van der Waals surface area contributed by atoms with Crippen molar-refractivity contribution < 1.29 is 22.7 Å². The van der Waals surface area contributed by atoms with Gasteiger partial charge in [-0.1, -0.05) is 6.58 Å². The number of hydrogen-bond donors (Lipinski definition) is 1. The normalized spacial score (nSPS) is 32.4. The van der Waals surface area contributed by atoms with Crippen LogP contribution in [0.3, 0.4) is 0 Å². The van der Waals surface area contributed by atoms with E-state index in [-0.39, 0.29) is 35.9 Å². The van der Waals surface area contributed by atoms with E-state index in [9.17, 15) is 18.0 Å². The van der Waals surface area contributed by atoms with Crippen molar-refractivity contribution in [3.05, 3.63) is 12.2 Å². The number of halogens is 3. The highest BCUT2D eigenvalue weighted by molar-refractivity contribution is 7.98. The molecule has 2 saturated carbocycles. The van der Waals surface area contributed by atoms with Crippen molar-refractivity contribution in [2.24, 2.45) is 17.8 Å². The molecule has 2 rings (SSSR count). The number of ether oxygens (including phenoxy) is 1. The Morgan fingerprint density at radius 3 is 2.55 bits per heavy atom. The number of rotatable bonds is 5. The molecule has 0 aromatic heterocycles. The monoisotopic (exact) mass is 309 g/mol. The highest BCUT2D eigenvalue weighted by atomic mass is 32.2. The molecule has 4 unspecified atom stereocenters. The summed E-state index contributed by atoms with van der Waals surface area (Å²) in [7, 11) is 0. The van der Waals surface area contributed by atoms with Gasteiger partial charge in [0.1, 0.15) is 6.10 Å². The summed E-state index contributed by atoms with van der Waals surface area (Å²) < 4.78 is 43.9. The van der Waals surface area contributed by atoms with Crippen LogP contribution in [0, 0.1) is 17.8 Å². The molecule has 0 amide bonds. The number of carbonyl (C=O) groups is 1. The summed E-state index contributed by atoms with van der Waals surface area (Å²) in [5, 5.41) is 0. The summed E-state index contributed by atoms with van der Waals surface area (Å²) in [6.07, 6.45) is 2.43. The third-order valence-electron chi connectivity index (χ3n) is 4.08. The Labute approximate surface area is 120 Å². The lowest BCUT2D eigenvalue weighted by Crippen LogP contribution is -2.31. The summed E-state index contributed by atoms with van der Waals surface area (Å²) >= 11 is -0.184. The maximum atomic E-state index is 12.0. The Balaban J connectivity index is 1.74. The summed E-state index contributed by atoms with van der Waals surface area (Å²) in [6, 6.07) is 0. The quantitative estimate of drug-likeness (QED) is 0.480. The second-order valence-corrected chi connectivity index (χ2v) is 6.56. The zero-order valence-corrected chi connectivity index (χ0v) is 12.0. The molecule has 2 aliphatic carbocycles. The molecule has 114 valence electrons. The van der Waals surface area contributed by atoms with Crippen molar-refractivity contribution in [1.29, 1.82) is 0 Å². The summed E-state index contributed by atoms with van der Waals surface area (Å²) in [5.41, 5.74) is -3.86. The predicted molar refractivity (Wildman–Crippen MR) is 70.7 cm³/mol. The van der Waals surface area contributed by atoms with E-state index in [1.54, 1.807) is 6.92 Å². The zero-order chi connectivity index (χ0) is 14.9. The van der Waals surface area contributed by atoms with Crippen LogP contribution in [0.25, 0.3) is 0 Å². The number of esters is 1.